The van der Waals surface area contributed by atoms with Gasteiger partial charge in [0, 0.05) is 11.8 Å². The minimum absolute atomic E-state index is 0.408. The van der Waals surface area contributed by atoms with Gasteiger partial charge in [0.2, 0.25) is 5.89 Å². The molecule has 0 radical (unpaired) electrons. The van der Waals surface area contributed by atoms with Gasteiger partial charge in [-0.25, -0.2) is 4.98 Å². The minimum Gasteiger partial charge on any atom is -0.444 e. The monoisotopic (exact) mass is 294 g/mol. The summed E-state index contributed by atoms with van der Waals surface area (Å²) in [5.74, 6) is 0.625. The average Bonchev–Trinajstić information content (AvgIpc) is 3.00. The molecule has 0 spiro atoms. The molecular weight excluding hydrogens is 276 g/mol. The van der Waals surface area contributed by atoms with Crippen LogP contribution in [0.2, 0.25) is 0 Å². The van der Waals surface area contributed by atoms with Crippen LogP contribution in [0.3, 0.4) is 0 Å². The van der Waals surface area contributed by atoms with Gasteiger partial charge in [-0.2, -0.15) is 0 Å². The lowest BCUT2D eigenvalue weighted by Crippen LogP contribution is -1.96. The van der Waals surface area contributed by atoms with E-state index in [9.17, 15) is 0 Å². The Kier molecular flexibility index (Phi) is 4.30. The summed E-state index contributed by atoms with van der Waals surface area (Å²) in [5, 5.41) is 0. The molecular formula is C18H18N2O2. The van der Waals surface area contributed by atoms with Crippen LogP contribution >= 0.6 is 0 Å². The van der Waals surface area contributed by atoms with E-state index < -0.39 is 0 Å². The Hall–Kier alpha value is -2.46. The lowest BCUT2D eigenvalue weighted by Gasteiger charge is -2.01. The molecule has 2 heterocycles. The third kappa shape index (κ3) is 3.40. The summed E-state index contributed by atoms with van der Waals surface area (Å²) in [6.45, 7) is 5.04. The van der Waals surface area contributed by atoms with Gasteiger partial charge in [-0.15, -0.1) is 0 Å². The number of rotatable bonds is 5. The van der Waals surface area contributed by atoms with Crippen LogP contribution in [0, 0.1) is 13.8 Å². The molecule has 0 aliphatic carbocycles. The van der Waals surface area contributed by atoms with E-state index in [1.54, 1.807) is 12.5 Å². The van der Waals surface area contributed by atoms with Crippen molar-refractivity contribution >= 4 is 0 Å². The number of pyridine rings is 1. The highest BCUT2D eigenvalue weighted by Gasteiger charge is 2.08. The predicted octanol–water partition coefficient (Wildman–Crippen LogP) is 4.07. The van der Waals surface area contributed by atoms with Gasteiger partial charge in [-0.3, -0.25) is 4.98 Å². The van der Waals surface area contributed by atoms with Crippen molar-refractivity contribution in [2.24, 2.45) is 0 Å². The fraction of sp³-hybridized carbons (Fsp3) is 0.222. The first-order valence-corrected chi connectivity index (χ1v) is 7.22. The predicted molar refractivity (Wildman–Crippen MR) is 84.1 cm³/mol. The van der Waals surface area contributed by atoms with Gasteiger partial charge in [0.05, 0.1) is 18.9 Å². The van der Waals surface area contributed by atoms with Crippen LogP contribution in [0.15, 0.2) is 53.3 Å². The average molecular weight is 294 g/mol. The zero-order chi connectivity index (χ0) is 15.4. The van der Waals surface area contributed by atoms with E-state index in [4.69, 9.17) is 9.15 Å². The van der Waals surface area contributed by atoms with Gasteiger partial charge >= 0.3 is 0 Å². The molecule has 0 fully saturated rings. The molecule has 3 rings (SSSR count). The molecule has 0 saturated heterocycles. The first-order chi connectivity index (χ1) is 10.7. The highest BCUT2D eigenvalue weighted by atomic mass is 16.5. The fourth-order valence-electron chi connectivity index (χ4n) is 2.12. The van der Waals surface area contributed by atoms with E-state index in [2.05, 4.69) is 35.9 Å². The Balaban J connectivity index is 1.62. The first kappa shape index (κ1) is 14.5. The molecule has 0 bridgehead atoms. The van der Waals surface area contributed by atoms with Crippen LogP contribution in [0.4, 0.5) is 0 Å². The van der Waals surface area contributed by atoms with Crippen molar-refractivity contribution in [2.45, 2.75) is 27.1 Å². The summed E-state index contributed by atoms with van der Waals surface area (Å²) < 4.78 is 11.2. The van der Waals surface area contributed by atoms with E-state index in [0.29, 0.717) is 19.1 Å². The molecule has 0 aliphatic heterocycles. The highest BCUT2D eigenvalue weighted by molar-refractivity contribution is 5.55. The number of aromatic nitrogens is 2. The summed E-state index contributed by atoms with van der Waals surface area (Å²) in [6, 6.07) is 11.9. The van der Waals surface area contributed by atoms with E-state index in [1.165, 1.54) is 11.1 Å². The Bertz CT molecular complexity index is 751. The Morgan fingerprint density at radius 3 is 2.64 bits per heavy atom. The summed E-state index contributed by atoms with van der Waals surface area (Å²) in [7, 11) is 0. The summed E-state index contributed by atoms with van der Waals surface area (Å²) in [4.78, 5) is 8.68. The van der Waals surface area contributed by atoms with Crippen LogP contribution in [0.1, 0.15) is 22.5 Å². The highest BCUT2D eigenvalue weighted by Crippen LogP contribution is 2.21. The first-order valence-electron chi connectivity index (χ1n) is 7.22. The van der Waals surface area contributed by atoms with Crippen molar-refractivity contribution in [1.29, 1.82) is 0 Å². The topological polar surface area (TPSA) is 48.2 Å². The van der Waals surface area contributed by atoms with Crippen molar-refractivity contribution in [3.63, 3.8) is 0 Å². The maximum Gasteiger partial charge on any atom is 0.226 e. The number of nitrogens with zero attached hydrogens (tertiary/aromatic N) is 2. The summed E-state index contributed by atoms with van der Waals surface area (Å²) in [6.07, 6.45) is 3.40. The van der Waals surface area contributed by atoms with Crippen LogP contribution < -0.4 is 0 Å². The molecule has 3 aromatic rings. The molecule has 0 aliphatic rings. The Morgan fingerprint density at radius 1 is 1.00 bits per heavy atom. The smallest absolute Gasteiger partial charge is 0.226 e. The summed E-state index contributed by atoms with van der Waals surface area (Å²) >= 11 is 0. The van der Waals surface area contributed by atoms with Gasteiger partial charge in [-0.05, 0) is 49.2 Å². The second-order valence-electron chi connectivity index (χ2n) is 5.26. The Morgan fingerprint density at radius 2 is 1.86 bits per heavy atom. The fourth-order valence-corrected chi connectivity index (χ4v) is 2.12. The van der Waals surface area contributed by atoms with Crippen molar-refractivity contribution < 1.29 is 9.15 Å². The molecule has 0 saturated carbocycles. The number of ether oxygens (including phenoxy) is 1. The zero-order valence-corrected chi connectivity index (χ0v) is 12.7. The number of aryl methyl sites for hydroxylation is 2. The molecule has 22 heavy (non-hydrogen) atoms. The second-order valence-corrected chi connectivity index (χ2v) is 5.26. The summed E-state index contributed by atoms with van der Waals surface area (Å²) in [5.41, 5.74) is 5.15. The van der Waals surface area contributed by atoms with Crippen LogP contribution in [0.5, 0.6) is 0 Å². The van der Waals surface area contributed by atoms with Crippen molar-refractivity contribution in [3.05, 3.63) is 71.4 Å². The molecule has 4 heteroatoms. The van der Waals surface area contributed by atoms with E-state index >= 15 is 0 Å². The van der Waals surface area contributed by atoms with E-state index in [1.807, 2.05) is 24.3 Å². The SMILES string of the molecule is Cc1ccc(-c2nc(COCc3ccccn3)co2)cc1C. The van der Waals surface area contributed by atoms with E-state index in [-0.39, 0.29) is 0 Å². The molecule has 2 aromatic heterocycles. The number of oxazole rings is 1. The standard InChI is InChI=1S/C18H18N2O2/c1-13-6-7-15(9-14(13)2)18-20-17(12-22-18)11-21-10-16-5-3-4-8-19-16/h3-9,12H,10-11H2,1-2H3. The quantitative estimate of drug-likeness (QED) is 0.711. The lowest BCUT2D eigenvalue weighted by molar-refractivity contribution is 0.102. The van der Waals surface area contributed by atoms with Crippen molar-refractivity contribution in [3.8, 4) is 11.5 Å². The lowest BCUT2D eigenvalue weighted by atomic mass is 10.1. The second kappa shape index (κ2) is 6.54. The largest absolute Gasteiger partial charge is 0.444 e. The molecule has 112 valence electrons. The number of hydrogen-bond donors (Lipinski definition) is 0. The molecule has 0 atom stereocenters. The van der Waals surface area contributed by atoms with Gasteiger partial charge in [0.25, 0.3) is 0 Å². The van der Waals surface area contributed by atoms with Gasteiger partial charge in [0.15, 0.2) is 0 Å². The van der Waals surface area contributed by atoms with Crippen LogP contribution in [-0.2, 0) is 18.0 Å². The number of benzene rings is 1. The molecule has 1 aromatic carbocycles. The van der Waals surface area contributed by atoms with Crippen LogP contribution in [-0.4, -0.2) is 9.97 Å². The molecule has 4 nitrogen and oxygen atoms in total. The maximum absolute atomic E-state index is 5.61. The normalized spacial score (nSPS) is 10.8. The van der Waals surface area contributed by atoms with Crippen molar-refractivity contribution in [1.82, 2.24) is 9.97 Å². The molecule has 0 N–H and O–H groups in total. The van der Waals surface area contributed by atoms with Crippen LogP contribution in [0.25, 0.3) is 11.5 Å². The zero-order valence-electron chi connectivity index (χ0n) is 12.7. The third-order valence-corrected chi connectivity index (χ3v) is 3.53. The molecule has 0 unspecified atom stereocenters. The van der Waals surface area contributed by atoms with Gasteiger partial charge in [0.1, 0.15) is 12.0 Å². The molecule has 0 amide bonds. The van der Waals surface area contributed by atoms with E-state index in [0.717, 1.165) is 17.0 Å². The Labute approximate surface area is 129 Å². The van der Waals surface area contributed by atoms with Gasteiger partial charge < -0.3 is 9.15 Å². The third-order valence-electron chi connectivity index (χ3n) is 3.53. The maximum atomic E-state index is 5.61. The van der Waals surface area contributed by atoms with Crippen molar-refractivity contribution in [2.75, 3.05) is 0 Å². The number of hydrogen-bond acceptors (Lipinski definition) is 4. The van der Waals surface area contributed by atoms with Gasteiger partial charge in [-0.1, -0.05) is 12.1 Å². The minimum atomic E-state index is 0.408.